The number of hydrogen-bond acceptors (Lipinski definition) is 1. The van der Waals surface area contributed by atoms with Crippen molar-refractivity contribution in [1.29, 1.82) is 0 Å². The lowest BCUT2D eigenvalue weighted by molar-refractivity contribution is 0.455. The molecule has 1 aromatic rings. The summed E-state index contributed by atoms with van der Waals surface area (Å²) in [5.74, 6) is 0. The smallest absolute Gasteiger partial charge is 0.0493 e. The molecule has 0 radical (unpaired) electrons. The van der Waals surface area contributed by atoms with Gasteiger partial charge in [0.2, 0.25) is 0 Å². The van der Waals surface area contributed by atoms with Gasteiger partial charge in [0.1, 0.15) is 0 Å². The van der Waals surface area contributed by atoms with Crippen LogP contribution in [0, 0.1) is 0 Å². The first-order valence-electron chi connectivity index (χ1n) is 5.62. The van der Waals surface area contributed by atoms with Gasteiger partial charge in [-0.3, -0.25) is 0 Å². The first kappa shape index (κ1) is 12.0. The first-order chi connectivity index (χ1) is 7.75. The quantitative estimate of drug-likeness (QED) is 0.838. The molecule has 16 heavy (non-hydrogen) atoms. The van der Waals surface area contributed by atoms with Gasteiger partial charge < -0.3 is 5.32 Å². The standard InChI is InChI=1S/C13H15Cl2N/c14-11-6-4-10(13(15)9-11)5-7-12-3-1-2-8-16-12/h4-7,9,12,16H,1-3,8H2/b7-5+. The Labute approximate surface area is 106 Å². The zero-order valence-electron chi connectivity index (χ0n) is 9.05. The molecule has 0 spiro atoms. The van der Waals surface area contributed by atoms with Crippen molar-refractivity contribution in [2.75, 3.05) is 6.54 Å². The van der Waals surface area contributed by atoms with Gasteiger partial charge in [-0.2, -0.15) is 0 Å². The second kappa shape index (κ2) is 5.72. The number of benzene rings is 1. The van der Waals surface area contributed by atoms with Crippen LogP contribution in [0.25, 0.3) is 6.08 Å². The van der Waals surface area contributed by atoms with Gasteiger partial charge in [0.05, 0.1) is 0 Å². The molecule has 1 unspecified atom stereocenters. The Kier molecular flexibility index (Phi) is 4.28. The number of nitrogens with one attached hydrogen (secondary N) is 1. The maximum Gasteiger partial charge on any atom is 0.0493 e. The third-order valence-corrected chi connectivity index (χ3v) is 3.38. The summed E-state index contributed by atoms with van der Waals surface area (Å²) in [6.07, 6.45) is 8.06. The minimum atomic E-state index is 0.487. The molecule has 0 bridgehead atoms. The van der Waals surface area contributed by atoms with Gasteiger partial charge >= 0.3 is 0 Å². The van der Waals surface area contributed by atoms with Crippen LogP contribution >= 0.6 is 23.2 Å². The molecule has 1 saturated heterocycles. The molecule has 0 aliphatic carbocycles. The van der Waals surface area contributed by atoms with Crippen molar-refractivity contribution in [3.63, 3.8) is 0 Å². The predicted octanol–water partition coefficient (Wildman–Crippen LogP) is 4.15. The maximum absolute atomic E-state index is 6.09. The highest BCUT2D eigenvalue weighted by Gasteiger charge is 2.08. The zero-order chi connectivity index (χ0) is 11.4. The molecule has 1 nitrogen and oxygen atoms in total. The van der Waals surface area contributed by atoms with Crippen LogP contribution < -0.4 is 5.32 Å². The van der Waals surface area contributed by atoms with Crippen molar-refractivity contribution in [2.45, 2.75) is 25.3 Å². The van der Waals surface area contributed by atoms with E-state index in [0.717, 1.165) is 12.1 Å². The van der Waals surface area contributed by atoms with E-state index in [-0.39, 0.29) is 0 Å². The molecule has 1 heterocycles. The van der Waals surface area contributed by atoms with Gasteiger partial charge in [-0.1, -0.05) is 47.8 Å². The highest BCUT2D eigenvalue weighted by molar-refractivity contribution is 6.35. The van der Waals surface area contributed by atoms with Gasteiger partial charge in [0, 0.05) is 16.1 Å². The summed E-state index contributed by atoms with van der Waals surface area (Å²) >= 11 is 11.9. The van der Waals surface area contributed by atoms with Crippen molar-refractivity contribution < 1.29 is 0 Å². The lowest BCUT2D eigenvalue weighted by Gasteiger charge is -2.20. The zero-order valence-corrected chi connectivity index (χ0v) is 10.6. The second-order valence-electron chi connectivity index (χ2n) is 4.08. The summed E-state index contributed by atoms with van der Waals surface area (Å²) in [5.41, 5.74) is 1.03. The minimum Gasteiger partial charge on any atom is -0.311 e. The minimum absolute atomic E-state index is 0.487. The summed E-state index contributed by atoms with van der Waals surface area (Å²) in [5, 5.41) is 4.85. The first-order valence-corrected chi connectivity index (χ1v) is 6.38. The van der Waals surface area contributed by atoms with Gasteiger partial charge in [-0.15, -0.1) is 0 Å². The fourth-order valence-electron chi connectivity index (χ4n) is 1.90. The lowest BCUT2D eigenvalue weighted by atomic mass is 10.0. The summed E-state index contributed by atoms with van der Waals surface area (Å²) in [4.78, 5) is 0. The summed E-state index contributed by atoms with van der Waals surface area (Å²) in [7, 11) is 0. The van der Waals surface area contributed by atoms with Crippen molar-refractivity contribution in [1.82, 2.24) is 5.32 Å². The fourth-order valence-corrected chi connectivity index (χ4v) is 2.37. The SMILES string of the molecule is Clc1ccc(/C=C/C2CCCCN2)c(Cl)c1. The second-order valence-corrected chi connectivity index (χ2v) is 4.92. The Morgan fingerprint density at radius 2 is 2.12 bits per heavy atom. The predicted molar refractivity (Wildman–Crippen MR) is 71.1 cm³/mol. The summed E-state index contributed by atoms with van der Waals surface area (Å²) in [6.45, 7) is 1.11. The van der Waals surface area contributed by atoms with E-state index in [0.29, 0.717) is 16.1 Å². The van der Waals surface area contributed by atoms with Gasteiger partial charge in [-0.25, -0.2) is 0 Å². The highest BCUT2D eigenvalue weighted by Crippen LogP contribution is 2.22. The number of piperidine rings is 1. The van der Waals surface area contributed by atoms with Crippen molar-refractivity contribution in [3.8, 4) is 0 Å². The summed E-state index contributed by atoms with van der Waals surface area (Å²) < 4.78 is 0. The van der Waals surface area contributed by atoms with Gasteiger partial charge in [-0.05, 0) is 37.1 Å². The molecule has 1 atom stereocenters. The van der Waals surface area contributed by atoms with E-state index in [9.17, 15) is 0 Å². The molecule has 86 valence electrons. The topological polar surface area (TPSA) is 12.0 Å². The molecule has 1 N–H and O–H groups in total. The molecule has 0 aromatic heterocycles. The van der Waals surface area contributed by atoms with Crippen LogP contribution in [0.3, 0.4) is 0 Å². The largest absolute Gasteiger partial charge is 0.311 e. The molecular weight excluding hydrogens is 241 g/mol. The Hall–Kier alpha value is -0.500. The van der Waals surface area contributed by atoms with Crippen LogP contribution in [0.15, 0.2) is 24.3 Å². The Morgan fingerprint density at radius 1 is 1.25 bits per heavy atom. The Balaban J connectivity index is 2.04. The molecule has 1 aliphatic heterocycles. The normalized spacial score (nSPS) is 21.5. The van der Waals surface area contributed by atoms with Crippen LogP contribution in [-0.4, -0.2) is 12.6 Å². The molecule has 1 aromatic carbocycles. The van der Waals surface area contributed by atoms with E-state index in [4.69, 9.17) is 23.2 Å². The fraction of sp³-hybridized carbons (Fsp3) is 0.385. The van der Waals surface area contributed by atoms with E-state index in [1.807, 2.05) is 12.1 Å². The van der Waals surface area contributed by atoms with E-state index >= 15 is 0 Å². The molecule has 1 aliphatic rings. The maximum atomic E-state index is 6.09. The number of halogens is 2. The highest BCUT2D eigenvalue weighted by atomic mass is 35.5. The monoisotopic (exact) mass is 255 g/mol. The third kappa shape index (κ3) is 3.24. The molecule has 2 rings (SSSR count). The van der Waals surface area contributed by atoms with Crippen molar-refractivity contribution in [2.24, 2.45) is 0 Å². The molecule has 3 heteroatoms. The van der Waals surface area contributed by atoms with Crippen LogP contribution in [0.2, 0.25) is 10.0 Å². The third-order valence-electron chi connectivity index (χ3n) is 2.82. The van der Waals surface area contributed by atoms with Crippen LogP contribution in [-0.2, 0) is 0 Å². The number of hydrogen-bond donors (Lipinski definition) is 1. The molecule has 0 amide bonds. The van der Waals surface area contributed by atoms with Crippen molar-refractivity contribution in [3.05, 3.63) is 39.9 Å². The van der Waals surface area contributed by atoms with Crippen LogP contribution in [0.1, 0.15) is 24.8 Å². The average molecular weight is 256 g/mol. The van der Waals surface area contributed by atoms with E-state index in [2.05, 4.69) is 17.5 Å². The lowest BCUT2D eigenvalue weighted by Crippen LogP contribution is -2.31. The number of rotatable bonds is 2. The Bertz CT molecular complexity index is 382. The van der Waals surface area contributed by atoms with Crippen LogP contribution in [0.5, 0.6) is 0 Å². The van der Waals surface area contributed by atoms with Gasteiger partial charge in [0.25, 0.3) is 0 Å². The molecule has 1 fully saturated rings. The van der Waals surface area contributed by atoms with Crippen LogP contribution in [0.4, 0.5) is 0 Å². The van der Waals surface area contributed by atoms with E-state index < -0.39 is 0 Å². The molecule has 0 saturated carbocycles. The van der Waals surface area contributed by atoms with Crippen molar-refractivity contribution >= 4 is 29.3 Å². The average Bonchev–Trinajstić information content (AvgIpc) is 2.29. The van der Waals surface area contributed by atoms with E-state index in [1.165, 1.54) is 19.3 Å². The van der Waals surface area contributed by atoms with Gasteiger partial charge in [0.15, 0.2) is 0 Å². The Morgan fingerprint density at radius 3 is 2.81 bits per heavy atom. The summed E-state index contributed by atoms with van der Waals surface area (Å²) in [6, 6.07) is 6.07. The van der Waals surface area contributed by atoms with E-state index in [1.54, 1.807) is 6.07 Å². The molecular formula is C13H15Cl2N.